The lowest BCUT2D eigenvalue weighted by Crippen LogP contribution is -2.34. The molecule has 1 aliphatic carbocycles. The van der Waals surface area contributed by atoms with Gasteiger partial charge in [-0.25, -0.2) is 0 Å². The highest BCUT2D eigenvalue weighted by Gasteiger charge is 2.40. The highest BCUT2D eigenvalue weighted by Crippen LogP contribution is 2.39. The van der Waals surface area contributed by atoms with Gasteiger partial charge in [-0.2, -0.15) is 0 Å². The molecule has 1 aliphatic rings. The van der Waals surface area contributed by atoms with Crippen LogP contribution in [-0.4, -0.2) is 20.0 Å². The normalized spacial score (nSPS) is 22.8. The first-order valence-electron chi connectivity index (χ1n) is 6.16. The summed E-state index contributed by atoms with van der Waals surface area (Å²) >= 11 is 0. The Balaban J connectivity index is 2.62. The van der Waals surface area contributed by atoms with Gasteiger partial charge >= 0.3 is 0 Å². The Morgan fingerprint density at radius 2 is 1.68 bits per heavy atom. The molecule has 0 fully saturated rings. The van der Waals surface area contributed by atoms with E-state index in [-0.39, 0.29) is 5.78 Å². The number of hydrogen-bond acceptors (Lipinski definition) is 3. The topological polar surface area (TPSA) is 35.5 Å². The summed E-state index contributed by atoms with van der Waals surface area (Å²) < 4.78 is 11.2. The third-order valence-corrected chi connectivity index (χ3v) is 3.52. The zero-order valence-electron chi connectivity index (χ0n) is 11.7. The monoisotopic (exact) mass is 258 g/mol. The zero-order valence-corrected chi connectivity index (χ0v) is 11.7. The molecule has 0 bridgehead atoms. The number of allylic oxidation sites excluding steroid dienone is 2. The lowest BCUT2D eigenvalue weighted by atomic mass is 9.84. The van der Waals surface area contributed by atoms with Crippen molar-refractivity contribution >= 4 is 5.78 Å². The van der Waals surface area contributed by atoms with Crippen LogP contribution in [0, 0.1) is 6.92 Å². The Morgan fingerprint density at radius 1 is 1.05 bits per heavy atom. The van der Waals surface area contributed by atoms with Crippen LogP contribution in [0.3, 0.4) is 0 Å². The summed E-state index contributed by atoms with van der Waals surface area (Å²) in [6, 6.07) is 8.02. The van der Waals surface area contributed by atoms with Crippen molar-refractivity contribution in [3.63, 3.8) is 0 Å². The fourth-order valence-corrected chi connectivity index (χ4v) is 2.40. The second kappa shape index (κ2) is 5.02. The number of hydrogen-bond donors (Lipinski definition) is 0. The van der Waals surface area contributed by atoms with Crippen molar-refractivity contribution in [1.82, 2.24) is 0 Å². The van der Waals surface area contributed by atoms with Crippen molar-refractivity contribution in [1.29, 1.82) is 0 Å². The molecule has 1 atom stereocenters. The summed E-state index contributed by atoms with van der Waals surface area (Å²) in [4.78, 5) is 11.8. The first-order chi connectivity index (χ1) is 9.05. The molecule has 3 nitrogen and oxygen atoms in total. The third-order valence-electron chi connectivity index (χ3n) is 3.52. The van der Waals surface area contributed by atoms with Gasteiger partial charge in [0.15, 0.2) is 11.4 Å². The Morgan fingerprint density at radius 3 is 2.21 bits per heavy atom. The van der Waals surface area contributed by atoms with Crippen molar-refractivity contribution in [2.24, 2.45) is 0 Å². The number of ether oxygens (including phenoxy) is 2. The summed E-state index contributed by atoms with van der Waals surface area (Å²) in [6.45, 7) is 3.79. The standard InChI is InChI=1S/C16H18O3/c1-11-5-7-13(8-6-11)16(19-4)10-9-14(17)12(2)15(16)18-3/h5-10H,1-4H3. The van der Waals surface area contributed by atoms with E-state index in [1.165, 1.54) is 5.56 Å². The molecule has 0 radical (unpaired) electrons. The molecule has 0 saturated heterocycles. The van der Waals surface area contributed by atoms with Gasteiger partial charge in [-0.15, -0.1) is 0 Å². The van der Waals surface area contributed by atoms with Gasteiger partial charge in [0.1, 0.15) is 5.76 Å². The number of benzene rings is 1. The largest absolute Gasteiger partial charge is 0.497 e. The van der Waals surface area contributed by atoms with E-state index in [0.717, 1.165) is 5.56 Å². The number of carbonyl (C=O) groups excluding carboxylic acids is 1. The van der Waals surface area contributed by atoms with Crippen LogP contribution >= 0.6 is 0 Å². The third kappa shape index (κ3) is 2.10. The smallest absolute Gasteiger partial charge is 0.184 e. The molecule has 0 aliphatic heterocycles. The Hall–Kier alpha value is -1.87. The van der Waals surface area contributed by atoms with Gasteiger partial charge in [-0.3, -0.25) is 4.79 Å². The van der Waals surface area contributed by atoms with Crippen molar-refractivity contribution in [3.8, 4) is 0 Å². The van der Waals surface area contributed by atoms with E-state index in [9.17, 15) is 4.79 Å². The molecule has 0 N–H and O–H groups in total. The van der Waals surface area contributed by atoms with E-state index in [1.54, 1.807) is 33.3 Å². The maximum Gasteiger partial charge on any atom is 0.184 e. The minimum atomic E-state index is -0.819. The van der Waals surface area contributed by atoms with Crippen molar-refractivity contribution < 1.29 is 14.3 Å². The number of aryl methyl sites for hydroxylation is 1. The van der Waals surface area contributed by atoms with Gasteiger partial charge in [-0.1, -0.05) is 29.8 Å². The Bertz CT molecular complexity index is 552. The SMILES string of the molecule is COC1=C(C)C(=O)C=CC1(OC)c1ccc(C)cc1. The van der Waals surface area contributed by atoms with E-state index in [2.05, 4.69) is 0 Å². The second-order valence-electron chi connectivity index (χ2n) is 4.66. The van der Waals surface area contributed by atoms with E-state index < -0.39 is 5.60 Å². The maximum absolute atomic E-state index is 11.8. The quantitative estimate of drug-likeness (QED) is 0.836. The van der Waals surface area contributed by atoms with Crippen LogP contribution in [0.2, 0.25) is 0 Å². The molecule has 1 aromatic carbocycles. The average molecular weight is 258 g/mol. The average Bonchev–Trinajstić information content (AvgIpc) is 2.43. The molecule has 0 amide bonds. The summed E-state index contributed by atoms with van der Waals surface area (Å²) in [7, 11) is 3.18. The highest BCUT2D eigenvalue weighted by atomic mass is 16.5. The fraction of sp³-hybridized carbons (Fsp3) is 0.312. The molecular formula is C16H18O3. The lowest BCUT2D eigenvalue weighted by molar-refractivity contribution is -0.112. The van der Waals surface area contributed by atoms with Crippen LogP contribution in [0.5, 0.6) is 0 Å². The number of methoxy groups -OCH3 is 2. The number of carbonyl (C=O) groups is 1. The van der Waals surface area contributed by atoms with E-state index in [0.29, 0.717) is 11.3 Å². The lowest BCUT2D eigenvalue weighted by Gasteiger charge is -2.34. The van der Waals surface area contributed by atoms with Crippen LogP contribution in [0.4, 0.5) is 0 Å². The van der Waals surface area contributed by atoms with Gasteiger partial charge in [0.2, 0.25) is 0 Å². The van der Waals surface area contributed by atoms with Crippen LogP contribution < -0.4 is 0 Å². The second-order valence-corrected chi connectivity index (χ2v) is 4.66. The minimum absolute atomic E-state index is 0.0448. The summed E-state index contributed by atoms with van der Waals surface area (Å²) in [6.07, 6.45) is 3.30. The number of rotatable bonds is 3. The fourth-order valence-electron chi connectivity index (χ4n) is 2.40. The molecule has 0 heterocycles. The van der Waals surface area contributed by atoms with Crippen LogP contribution in [0.25, 0.3) is 0 Å². The van der Waals surface area contributed by atoms with Crippen LogP contribution in [-0.2, 0) is 19.9 Å². The highest BCUT2D eigenvalue weighted by molar-refractivity contribution is 6.05. The van der Waals surface area contributed by atoms with Gasteiger partial charge in [0.25, 0.3) is 0 Å². The summed E-state index contributed by atoms with van der Waals surface area (Å²) in [5, 5.41) is 0. The molecule has 19 heavy (non-hydrogen) atoms. The van der Waals surface area contributed by atoms with Crippen molar-refractivity contribution in [2.45, 2.75) is 19.4 Å². The van der Waals surface area contributed by atoms with E-state index in [4.69, 9.17) is 9.47 Å². The van der Waals surface area contributed by atoms with Crippen molar-refractivity contribution in [3.05, 3.63) is 58.9 Å². The Kier molecular flexibility index (Phi) is 3.58. The molecular weight excluding hydrogens is 240 g/mol. The van der Waals surface area contributed by atoms with Crippen LogP contribution in [0.1, 0.15) is 18.1 Å². The maximum atomic E-state index is 11.8. The molecule has 3 heteroatoms. The molecule has 0 spiro atoms. The van der Waals surface area contributed by atoms with Gasteiger partial charge < -0.3 is 9.47 Å². The molecule has 0 aromatic heterocycles. The van der Waals surface area contributed by atoms with E-state index >= 15 is 0 Å². The Labute approximate surface area is 113 Å². The first kappa shape index (κ1) is 13.6. The van der Waals surface area contributed by atoms with E-state index in [1.807, 2.05) is 31.2 Å². The van der Waals surface area contributed by atoms with Gasteiger partial charge in [0, 0.05) is 12.7 Å². The molecule has 1 unspecified atom stereocenters. The van der Waals surface area contributed by atoms with Gasteiger partial charge in [-0.05, 0) is 31.6 Å². The molecule has 1 aromatic rings. The first-order valence-corrected chi connectivity index (χ1v) is 6.16. The molecule has 0 saturated carbocycles. The predicted octanol–water partition coefficient (Wildman–Crippen LogP) is 2.90. The molecule has 2 rings (SSSR count). The van der Waals surface area contributed by atoms with Crippen LogP contribution in [0.15, 0.2) is 47.7 Å². The molecule has 100 valence electrons. The zero-order chi connectivity index (χ0) is 14.0. The summed E-state index contributed by atoms with van der Waals surface area (Å²) in [5.41, 5.74) is 1.87. The minimum Gasteiger partial charge on any atom is -0.497 e. The predicted molar refractivity (Wildman–Crippen MR) is 73.7 cm³/mol. The van der Waals surface area contributed by atoms with Crippen molar-refractivity contribution in [2.75, 3.05) is 14.2 Å². The summed E-state index contributed by atoms with van der Waals surface area (Å²) in [5.74, 6) is 0.503. The van der Waals surface area contributed by atoms with Gasteiger partial charge in [0.05, 0.1) is 7.11 Å². The number of ketones is 1.